The second-order valence-electron chi connectivity index (χ2n) is 11.9. The van der Waals surface area contributed by atoms with Gasteiger partial charge < -0.3 is 34.3 Å². The van der Waals surface area contributed by atoms with Crippen LogP contribution in [0.4, 0.5) is 10.5 Å². The molecule has 2 aliphatic rings. The molecule has 0 bridgehead atoms. The van der Waals surface area contributed by atoms with E-state index in [0.717, 1.165) is 16.8 Å². The van der Waals surface area contributed by atoms with Crippen LogP contribution in [0.5, 0.6) is 0 Å². The number of esters is 1. The fourth-order valence-corrected chi connectivity index (χ4v) is 5.03. The molecule has 1 atom stereocenters. The molecule has 2 amide bonds. The number of nitrogens with one attached hydrogen (secondary N) is 1. The molecule has 220 valence electrons. The Morgan fingerprint density at radius 1 is 1.10 bits per heavy atom. The lowest BCUT2D eigenvalue weighted by Gasteiger charge is -2.36. The van der Waals surface area contributed by atoms with Crippen LogP contribution < -0.4 is 15.7 Å². The molecule has 2 heterocycles. The summed E-state index contributed by atoms with van der Waals surface area (Å²) in [7, 11) is -1.06. The van der Waals surface area contributed by atoms with Crippen molar-refractivity contribution >= 4 is 36.2 Å². The van der Waals surface area contributed by atoms with Crippen LogP contribution >= 0.6 is 0 Å². The Labute approximate surface area is 242 Å². The summed E-state index contributed by atoms with van der Waals surface area (Å²) in [4.78, 5) is 42.5. The number of piperazine rings is 1. The predicted octanol–water partition coefficient (Wildman–Crippen LogP) is 2.77. The van der Waals surface area contributed by atoms with Gasteiger partial charge in [-0.3, -0.25) is 4.79 Å². The Bertz CT molecular complexity index is 1290. The van der Waals surface area contributed by atoms with Gasteiger partial charge in [-0.05, 0) is 74.0 Å². The highest BCUT2D eigenvalue weighted by Gasteiger charge is 2.33. The maximum absolute atomic E-state index is 13.1. The summed E-state index contributed by atoms with van der Waals surface area (Å²) in [5, 5.41) is 12.9. The highest BCUT2D eigenvalue weighted by molar-refractivity contribution is 6.62. The molecule has 0 aromatic heterocycles. The molecule has 1 fully saturated rings. The van der Waals surface area contributed by atoms with Crippen LogP contribution in [0.3, 0.4) is 0 Å². The summed E-state index contributed by atoms with van der Waals surface area (Å²) in [5.74, 6) is -1.14. The zero-order valence-corrected chi connectivity index (χ0v) is 24.7. The second kappa shape index (κ2) is 12.5. The van der Waals surface area contributed by atoms with E-state index in [1.54, 1.807) is 24.0 Å². The number of fused-ring (bicyclic) bond motifs is 1. The van der Waals surface area contributed by atoms with Gasteiger partial charge in [0.15, 0.2) is 0 Å². The van der Waals surface area contributed by atoms with Gasteiger partial charge >= 0.3 is 19.2 Å². The molecule has 0 saturated carbocycles. The van der Waals surface area contributed by atoms with Crippen LogP contribution in [0.2, 0.25) is 0 Å². The maximum atomic E-state index is 13.1. The number of ether oxygens (including phenoxy) is 2. The largest absolute Gasteiger partial charge is 0.492 e. The second-order valence-corrected chi connectivity index (χ2v) is 11.9. The number of hydrogen-bond donors (Lipinski definition) is 2. The molecule has 2 aromatic carbocycles. The fourth-order valence-electron chi connectivity index (χ4n) is 5.03. The molecule has 2 N–H and O–H groups in total. The lowest BCUT2D eigenvalue weighted by molar-refractivity contribution is -0.148. The van der Waals surface area contributed by atoms with Crippen molar-refractivity contribution in [2.24, 2.45) is 5.92 Å². The quantitative estimate of drug-likeness (QED) is 0.389. The van der Waals surface area contributed by atoms with Gasteiger partial charge in [0.05, 0.1) is 6.61 Å². The van der Waals surface area contributed by atoms with Gasteiger partial charge in [-0.15, -0.1) is 0 Å². The SMILES string of the molecule is Cc1c(C(=O)N[C@H](C(=O)OCc2cccc(N3CCN(C(=O)OC(C)(C)C)CC3)c2)C(C)C)ccc2c1B(O)OC2. The van der Waals surface area contributed by atoms with Gasteiger partial charge in [0.2, 0.25) is 0 Å². The molecule has 2 aromatic rings. The minimum Gasteiger partial charge on any atom is -0.459 e. The monoisotopic (exact) mass is 565 g/mol. The summed E-state index contributed by atoms with van der Waals surface area (Å²) in [6.45, 7) is 13.8. The van der Waals surface area contributed by atoms with E-state index < -0.39 is 30.6 Å². The number of carbonyl (C=O) groups excluding carboxylic acids is 3. The van der Waals surface area contributed by atoms with Gasteiger partial charge in [-0.2, -0.15) is 0 Å². The van der Waals surface area contributed by atoms with Crippen molar-refractivity contribution in [3.05, 3.63) is 58.7 Å². The normalized spacial score (nSPS) is 16.0. The zero-order chi connectivity index (χ0) is 29.9. The third-order valence-corrected chi connectivity index (χ3v) is 7.29. The Balaban J connectivity index is 1.34. The first-order valence-corrected chi connectivity index (χ1v) is 14.1. The number of amides is 2. The molecule has 0 radical (unpaired) electrons. The molecular weight excluding hydrogens is 525 g/mol. The van der Waals surface area contributed by atoms with E-state index in [1.807, 2.05) is 58.9 Å². The van der Waals surface area contributed by atoms with Crippen LogP contribution in [-0.4, -0.2) is 72.8 Å². The molecule has 0 aliphatic carbocycles. The van der Waals surface area contributed by atoms with E-state index in [4.69, 9.17) is 14.1 Å². The van der Waals surface area contributed by atoms with Crippen molar-refractivity contribution in [2.75, 3.05) is 31.1 Å². The van der Waals surface area contributed by atoms with Crippen LogP contribution in [0.25, 0.3) is 0 Å². The van der Waals surface area contributed by atoms with Crippen molar-refractivity contribution in [3.8, 4) is 0 Å². The lowest BCUT2D eigenvalue weighted by atomic mass is 9.75. The predicted molar refractivity (Wildman–Crippen MR) is 156 cm³/mol. The van der Waals surface area contributed by atoms with Crippen molar-refractivity contribution in [3.63, 3.8) is 0 Å². The zero-order valence-electron chi connectivity index (χ0n) is 24.7. The number of carbonyl (C=O) groups is 3. The molecular formula is C30H40BN3O7. The highest BCUT2D eigenvalue weighted by Crippen LogP contribution is 2.21. The van der Waals surface area contributed by atoms with Crippen molar-refractivity contribution in [1.29, 1.82) is 0 Å². The van der Waals surface area contributed by atoms with Crippen LogP contribution in [0.1, 0.15) is 61.7 Å². The summed E-state index contributed by atoms with van der Waals surface area (Å²) < 4.78 is 16.4. The van der Waals surface area contributed by atoms with Gasteiger partial charge in [-0.1, -0.05) is 32.0 Å². The standard InChI is InChI=1S/C30H40BN3O7/c1-19(2)26(32-27(35)24-11-10-22-18-40-31(38)25(22)20(24)3)28(36)39-17-21-8-7-9-23(16-21)33-12-14-34(15-13-33)29(37)41-30(4,5)6/h7-11,16,19,26,38H,12-15,17-18H2,1-6H3,(H,32,35)/t26-/m0/s1. The third kappa shape index (κ3) is 7.39. The first-order valence-electron chi connectivity index (χ1n) is 14.1. The van der Waals surface area contributed by atoms with Gasteiger partial charge in [0, 0.05) is 37.4 Å². The summed E-state index contributed by atoms with van der Waals surface area (Å²) in [6.07, 6.45) is -0.303. The van der Waals surface area contributed by atoms with Gasteiger partial charge in [0.25, 0.3) is 5.91 Å². The van der Waals surface area contributed by atoms with Crippen molar-refractivity contribution in [1.82, 2.24) is 10.2 Å². The molecule has 41 heavy (non-hydrogen) atoms. The number of anilines is 1. The Kier molecular flexibility index (Phi) is 9.29. The minimum atomic E-state index is -1.06. The Morgan fingerprint density at radius 2 is 1.80 bits per heavy atom. The summed E-state index contributed by atoms with van der Waals surface area (Å²) in [6, 6.07) is 10.4. The minimum absolute atomic E-state index is 0.0606. The van der Waals surface area contributed by atoms with Crippen LogP contribution in [-0.2, 0) is 32.1 Å². The third-order valence-electron chi connectivity index (χ3n) is 7.29. The average Bonchev–Trinajstić information content (AvgIpc) is 3.31. The molecule has 11 heteroatoms. The lowest BCUT2D eigenvalue weighted by Crippen LogP contribution is -2.50. The van der Waals surface area contributed by atoms with Crippen molar-refractivity contribution in [2.45, 2.75) is 66.4 Å². The molecule has 1 saturated heterocycles. The smallest absolute Gasteiger partial charge is 0.459 e. The van der Waals surface area contributed by atoms with Crippen molar-refractivity contribution < 1.29 is 33.5 Å². The highest BCUT2D eigenvalue weighted by atomic mass is 16.6. The van der Waals surface area contributed by atoms with E-state index in [-0.39, 0.29) is 18.6 Å². The molecule has 4 rings (SSSR count). The first-order chi connectivity index (χ1) is 19.3. The first kappa shape index (κ1) is 30.4. The Hall–Kier alpha value is -3.57. The topological polar surface area (TPSA) is 118 Å². The van der Waals surface area contributed by atoms with Gasteiger partial charge in [0.1, 0.15) is 18.2 Å². The summed E-state index contributed by atoms with van der Waals surface area (Å²) >= 11 is 0. The Morgan fingerprint density at radius 3 is 2.46 bits per heavy atom. The molecule has 2 aliphatic heterocycles. The number of rotatable bonds is 7. The molecule has 10 nitrogen and oxygen atoms in total. The van der Waals surface area contributed by atoms with E-state index in [1.165, 1.54) is 0 Å². The van der Waals surface area contributed by atoms with E-state index in [0.29, 0.717) is 49.4 Å². The maximum Gasteiger partial charge on any atom is 0.492 e. The average molecular weight is 565 g/mol. The van der Waals surface area contributed by atoms with E-state index >= 15 is 0 Å². The number of benzene rings is 2. The number of hydrogen-bond acceptors (Lipinski definition) is 8. The van der Waals surface area contributed by atoms with Gasteiger partial charge in [-0.25, -0.2) is 9.59 Å². The molecule has 0 unspecified atom stereocenters. The van der Waals surface area contributed by atoms with E-state index in [9.17, 15) is 19.4 Å². The molecule has 0 spiro atoms. The van der Waals surface area contributed by atoms with Crippen LogP contribution in [0.15, 0.2) is 36.4 Å². The number of nitrogens with zero attached hydrogens (tertiary/aromatic N) is 2. The van der Waals surface area contributed by atoms with E-state index in [2.05, 4.69) is 10.2 Å². The van der Waals surface area contributed by atoms with Crippen LogP contribution in [0, 0.1) is 12.8 Å². The summed E-state index contributed by atoms with van der Waals surface area (Å²) in [5.41, 5.74) is 3.73. The fraction of sp³-hybridized carbons (Fsp3) is 0.500.